The lowest BCUT2D eigenvalue weighted by Crippen LogP contribution is -2.32. The molecular formula is C13H26N2O. The maximum atomic E-state index is 5.16. The van der Waals surface area contributed by atoms with Crippen molar-refractivity contribution in [2.75, 3.05) is 39.9 Å². The Bertz CT molecular complexity index is 200. The summed E-state index contributed by atoms with van der Waals surface area (Å²) in [5.74, 6) is 0.997. The van der Waals surface area contributed by atoms with Crippen LogP contribution in [-0.4, -0.2) is 39.9 Å². The fourth-order valence-corrected chi connectivity index (χ4v) is 2.17. The Kier molecular flexibility index (Phi) is 4.62. The highest BCUT2D eigenvalue weighted by Gasteiger charge is 2.41. The van der Waals surface area contributed by atoms with Crippen molar-refractivity contribution < 1.29 is 4.74 Å². The summed E-state index contributed by atoms with van der Waals surface area (Å²) in [6, 6.07) is 0. The van der Waals surface area contributed by atoms with Crippen molar-refractivity contribution in [2.24, 2.45) is 11.3 Å². The summed E-state index contributed by atoms with van der Waals surface area (Å²) in [6.07, 6.45) is 6.89. The van der Waals surface area contributed by atoms with E-state index in [9.17, 15) is 0 Å². The van der Waals surface area contributed by atoms with E-state index in [1.165, 1.54) is 45.2 Å². The van der Waals surface area contributed by atoms with Crippen molar-refractivity contribution >= 4 is 0 Å². The van der Waals surface area contributed by atoms with Crippen molar-refractivity contribution in [3.63, 3.8) is 0 Å². The third kappa shape index (κ3) is 4.40. The molecule has 0 radical (unpaired) electrons. The first-order valence-corrected chi connectivity index (χ1v) is 6.75. The molecule has 0 aromatic heterocycles. The van der Waals surface area contributed by atoms with E-state index in [1.807, 2.05) is 0 Å². The topological polar surface area (TPSA) is 33.3 Å². The predicted octanol–water partition coefficient (Wildman–Crippen LogP) is 1.39. The van der Waals surface area contributed by atoms with Gasteiger partial charge in [0.15, 0.2) is 0 Å². The van der Waals surface area contributed by atoms with Crippen LogP contribution in [0, 0.1) is 11.3 Å². The van der Waals surface area contributed by atoms with Gasteiger partial charge in [-0.1, -0.05) is 0 Å². The van der Waals surface area contributed by atoms with E-state index in [0.29, 0.717) is 5.41 Å². The summed E-state index contributed by atoms with van der Waals surface area (Å²) in [7, 11) is 1.80. The van der Waals surface area contributed by atoms with E-state index >= 15 is 0 Å². The monoisotopic (exact) mass is 226 g/mol. The first kappa shape index (κ1) is 12.3. The van der Waals surface area contributed by atoms with Crippen LogP contribution in [0.2, 0.25) is 0 Å². The quantitative estimate of drug-likeness (QED) is 0.552. The molecule has 0 spiro atoms. The minimum absolute atomic E-state index is 0.590. The lowest BCUT2D eigenvalue weighted by atomic mass is 10.0. The SMILES string of the molecule is COCCC1(CNCCNCC2CC2)CC1. The lowest BCUT2D eigenvalue weighted by molar-refractivity contribution is 0.171. The largest absolute Gasteiger partial charge is 0.385 e. The summed E-state index contributed by atoms with van der Waals surface area (Å²) in [4.78, 5) is 0. The van der Waals surface area contributed by atoms with Crippen molar-refractivity contribution in [3.8, 4) is 0 Å². The molecule has 2 aliphatic carbocycles. The Hall–Kier alpha value is -0.120. The van der Waals surface area contributed by atoms with Crippen LogP contribution in [0.25, 0.3) is 0 Å². The number of methoxy groups -OCH3 is 1. The van der Waals surface area contributed by atoms with Crippen LogP contribution in [0.15, 0.2) is 0 Å². The van der Waals surface area contributed by atoms with Gasteiger partial charge in [0.1, 0.15) is 0 Å². The molecule has 16 heavy (non-hydrogen) atoms. The van der Waals surface area contributed by atoms with Gasteiger partial charge in [-0.3, -0.25) is 0 Å². The Morgan fingerprint density at radius 2 is 1.94 bits per heavy atom. The standard InChI is InChI=1S/C13H26N2O/c1-16-9-6-13(4-5-13)11-15-8-7-14-10-12-2-3-12/h12,14-15H,2-11H2,1H3. The van der Waals surface area contributed by atoms with Crippen LogP contribution in [-0.2, 0) is 4.74 Å². The van der Waals surface area contributed by atoms with Crippen LogP contribution in [0.4, 0.5) is 0 Å². The Morgan fingerprint density at radius 3 is 2.56 bits per heavy atom. The van der Waals surface area contributed by atoms with Gasteiger partial charge in [-0.2, -0.15) is 0 Å². The molecule has 0 unspecified atom stereocenters. The normalized spacial score (nSPS) is 22.3. The van der Waals surface area contributed by atoms with Crippen LogP contribution in [0.3, 0.4) is 0 Å². The van der Waals surface area contributed by atoms with Crippen LogP contribution < -0.4 is 10.6 Å². The second-order valence-electron chi connectivity index (χ2n) is 5.57. The molecule has 2 N–H and O–H groups in total. The zero-order valence-corrected chi connectivity index (χ0v) is 10.6. The third-order valence-corrected chi connectivity index (χ3v) is 3.90. The molecule has 0 atom stereocenters. The maximum absolute atomic E-state index is 5.16. The van der Waals surface area contributed by atoms with E-state index in [1.54, 1.807) is 7.11 Å². The average Bonchev–Trinajstić information content (AvgIpc) is 3.17. The third-order valence-electron chi connectivity index (χ3n) is 3.90. The summed E-state index contributed by atoms with van der Waals surface area (Å²) < 4.78 is 5.16. The molecule has 0 aromatic rings. The van der Waals surface area contributed by atoms with Gasteiger partial charge in [0.2, 0.25) is 0 Å². The number of hydrogen-bond donors (Lipinski definition) is 2. The van der Waals surface area contributed by atoms with Gasteiger partial charge >= 0.3 is 0 Å². The van der Waals surface area contributed by atoms with Crippen LogP contribution in [0.5, 0.6) is 0 Å². The number of ether oxygens (including phenoxy) is 1. The molecule has 3 heteroatoms. The molecule has 2 fully saturated rings. The Labute approximate surface area is 99.3 Å². The minimum Gasteiger partial charge on any atom is -0.385 e. The highest BCUT2D eigenvalue weighted by Crippen LogP contribution is 2.48. The number of rotatable bonds is 10. The molecule has 2 rings (SSSR count). The van der Waals surface area contributed by atoms with Gasteiger partial charge in [0.25, 0.3) is 0 Å². The zero-order valence-electron chi connectivity index (χ0n) is 10.6. The van der Waals surface area contributed by atoms with Crippen LogP contribution >= 0.6 is 0 Å². The highest BCUT2D eigenvalue weighted by molar-refractivity contribution is 4.94. The van der Waals surface area contributed by atoms with Gasteiger partial charge < -0.3 is 15.4 Å². The fraction of sp³-hybridized carbons (Fsp3) is 1.00. The lowest BCUT2D eigenvalue weighted by Gasteiger charge is -2.15. The van der Waals surface area contributed by atoms with Gasteiger partial charge in [-0.25, -0.2) is 0 Å². The average molecular weight is 226 g/mol. The van der Waals surface area contributed by atoms with Crippen LogP contribution in [0.1, 0.15) is 32.1 Å². The second kappa shape index (κ2) is 5.99. The number of nitrogens with one attached hydrogen (secondary N) is 2. The van der Waals surface area contributed by atoms with E-state index < -0.39 is 0 Å². The molecule has 0 saturated heterocycles. The summed E-state index contributed by atoms with van der Waals surface area (Å²) >= 11 is 0. The summed E-state index contributed by atoms with van der Waals surface area (Å²) in [5, 5.41) is 7.08. The molecule has 2 saturated carbocycles. The zero-order chi connectivity index (χ0) is 11.3. The fourth-order valence-electron chi connectivity index (χ4n) is 2.17. The second-order valence-corrected chi connectivity index (χ2v) is 5.57. The number of hydrogen-bond acceptors (Lipinski definition) is 3. The molecule has 0 heterocycles. The molecule has 0 bridgehead atoms. The molecule has 94 valence electrons. The van der Waals surface area contributed by atoms with Crippen molar-refractivity contribution in [2.45, 2.75) is 32.1 Å². The van der Waals surface area contributed by atoms with Crippen molar-refractivity contribution in [1.29, 1.82) is 0 Å². The smallest absolute Gasteiger partial charge is 0.0468 e. The maximum Gasteiger partial charge on any atom is 0.0468 e. The van der Waals surface area contributed by atoms with Gasteiger partial charge in [-0.15, -0.1) is 0 Å². The van der Waals surface area contributed by atoms with Crippen molar-refractivity contribution in [1.82, 2.24) is 10.6 Å². The molecule has 0 amide bonds. The molecule has 2 aliphatic rings. The van der Waals surface area contributed by atoms with E-state index in [0.717, 1.165) is 25.6 Å². The minimum atomic E-state index is 0.590. The van der Waals surface area contributed by atoms with Gasteiger partial charge in [0, 0.05) is 33.4 Å². The van der Waals surface area contributed by atoms with E-state index in [-0.39, 0.29) is 0 Å². The Balaban J connectivity index is 1.41. The first-order valence-electron chi connectivity index (χ1n) is 6.75. The summed E-state index contributed by atoms with van der Waals surface area (Å²) in [5.41, 5.74) is 0.590. The van der Waals surface area contributed by atoms with Gasteiger partial charge in [-0.05, 0) is 50.0 Å². The molecular weight excluding hydrogens is 200 g/mol. The van der Waals surface area contributed by atoms with E-state index in [4.69, 9.17) is 4.74 Å². The molecule has 0 aliphatic heterocycles. The first-order chi connectivity index (χ1) is 7.85. The summed E-state index contributed by atoms with van der Waals surface area (Å²) in [6.45, 7) is 5.57. The van der Waals surface area contributed by atoms with Crippen molar-refractivity contribution in [3.05, 3.63) is 0 Å². The Morgan fingerprint density at radius 1 is 1.19 bits per heavy atom. The highest BCUT2D eigenvalue weighted by atomic mass is 16.5. The predicted molar refractivity (Wildman–Crippen MR) is 66.6 cm³/mol. The molecule has 3 nitrogen and oxygen atoms in total. The molecule has 0 aromatic carbocycles. The van der Waals surface area contributed by atoms with Gasteiger partial charge in [0.05, 0.1) is 0 Å². The van der Waals surface area contributed by atoms with E-state index in [2.05, 4.69) is 10.6 Å².